The zero-order valence-corrected chi connectivity index (χ0v) is 26.3. The van der Waals surface area contributed by atoms with Gasteiger partial charge in [0.2, 0.25) is 5.91 Å². The van der Waals surface area contributed by atoms with Crippen LogP contribution in [0.5, 0.6) is 11.5 Å². The maximum absolute atomic E-state index is 13.5. The summed E-state index contributed by atoms with van der Waals surface area (Å²) in [5.41, 5.74) is 0.929. The molecule has 0 spiro atoms. The maximum atomic E-state index is 13.5. The van der Waals surface area contributed by atoms with E-state index in [9.17, 15) is 19.5 Å². The first-order chi connectivity index (χ1) is 21.1. The number of carboxylic acid groups (broad SMARTS) is 1. The predicted octanol–water partition coefficient (Wildman–Crippen LogP) is 4.97. The van der Waals surface area contributed by atoms with Gasteiger partial charge in [-0.1, -0.05) is 26.0 Å². The van der Waals surface area contributed by atoms with E-state index in [1.54, 1.807) is 19.1 Å². The van der Waals surface area contributed by atoms with Gasteiger partial charge in [0.05, 0.1) is 24.9 Å². The summed E-state index contributed by atoms with van der Waals surface area (Å²) in [6, 6.07) is 5.94. The van der Waals surface area contributed by atoms with E-state index in [0.29, 0.717) is 35.7 Å². The molecule has 234 valence electrons. The van der Waals surface area contributed by atoms with Crippen molar-refractivity contribution in [3.8, 4) is 22.2 Å². The highest BCUT2D eigenvalue weighted by molar-refractivity contribution is 7.13. The van der Waals surface area contributed by atoms with Crippen LogP contribution in [0.25, 0.3) is 21.6 Å². The molecule has 3 N–H and O–H groups in total. The summed E-state index contributed by atoms with van der Waals surface area (Å²) in [4.78, 5) is 49.8. The molecule has 3 atom stereocenters. The molecule has 1 saturated carbocycles. The second kappa shape index (κ2) is 13.2. The summed E-state index contributed by atoms with van der Waals surface area (Å²) < 4.78 is 11.7. The number of allylic oxidation sites excluding steroid dienone is 1. The smallest absolute Gasteiger partial charge is 0.330 e. The lowest BCUT2D eigenvalue weighted by Crippen LogP contribution is -2.55. The number of amides is 3. The number of urea groups is 1. The third-order valence-corrected chi connectivity index (χ3v) is 9.05. The van der Waals surface area contributed by atoms with E-state index < -0.39 is 29.5 Å². The maximum Gasteiger partial charge on any atom is 0.330 e. The predicted molar refractivity (Wildman–Crippen MR) is 168 cm³/mol. The van der Waals surface area contributed by atoms with Crippen molar-refractivity contribution in [2.45, 2.75) is 63.5 Å². The van der Waals surface area contributed by atoms with Crippen LogP contribution in [0.15, 0.2) is 41.8 Å². The molecule has 3 amide bonds. The summed E-state index contributed by atoms with van der Waals surface area (Å²) >= 11 is 1.51. The van der Waals surface area contributed by atoms with Gasteiger partial charge in [-0.25, -0.2) is 19.6 Å². The number of nitrogens with zero attached hydrogens (tertiary/aromatic N) is 3. The van der Waals surface area contributed by atoms with Gasteiger partial charge in [-0.15, -0.1) is 11.3 Å². The van der Waals surface area contributed by atoms with E-state index >= 15 is 0 Å². The summed E-state index contributed by atoms with van der Waals surface area (Å²) in [5.74, 6) is -0.451. The molecule has 1 aromatic carbocycles. The molecule has 0 bridgehead atoms. The lowest BCUT2D eigenvalue weighted by molar-refractivity contribution is -0.143. The number of methoxy groups -OCH3 is 1. The monoisotopic (exact) mass is 621 g/mol. The van der Waals surface area contributed by atoms with Crippen LogP contribution in [0.2, 0.25) is 0 Å². The van der Waals surface area contributed by atoms with Crippen molar-refractivity contribution in [3.05, 3.63) is 47.5 Å². The second-order valence-corrected chi connectivity index (χ2v) is 12.5. The molecule has 2 aliphatic rings. The Morgan fingerprint density at radius 2 is 2.05 bits per heavy atom. The van der Waals surface area contributed by atoms with E-state index in [-0.39, 0.29) is 24.9 Å². The van der Waals surface area contributed by atoms with Crippen molar-refractivity contribution in [1.29, 1.82) is 0 Å². The average Bonchev–Trinajstić information content (AvgIpc) is 3.46. The van der Waals surface area contributed by atoms with Gasteiger partial charge in [-0.3, -0.25) is 4.79 Å². The van der Waals surface area contributed by atoms with E-state index in [1.807, 2.05) is 41.8 Å². The van der Waals surface area contributed by atoms with Crippen molar-refractivity contribution >= 4 is 40.1 Å². The van der Waals surface area contributed by atoms with Crippen molar-refractivity contribution in [2.75, 3.05) is 27.3 Å². The van der Waals surface area contributed by atoms with Gasteiger partial charge in [0.1, 0.15) is 33.8 Å². The van der Waals surface area contributed by atoms with E-state index in [1.165, 1.54) is 11.3 Å². The summed E-state index contributed by atoms with van der Waals surface area (Å²) in [6.07, 6.45) is 6.74. The molecule has 12 heteroatoms. The minimum absolute atomic E-state index is 0.0746. The summed E-state index contributed by atoms with van der Waals surface area (Å²) in [5, 5.41) is 19.0. The number of ether oxygens (including phenoxy) is 2. The number of carbonyl (C=O) groups is 3. The highest BCUT2D eigenvalue weighted by atomic mass is 32.1. The number of thiazole rings is 1. The fraction of sp³-hybridized carbons (Fsp3) is 0.469. The Hall–Kier alpha value is -4.19. The number of nitrogens with one attached hydrogen (secondary N) is 2. The quantitative estimate of drug-likeness (QED) is 0.299. The number of carbonyl (C=O) groups excluding carboxylic acids is 2. The van der Waals surface area contributed by atoms with Gasteiger partial charge < -0.3 is 30.1 Å². The number of aliphatic carboxylic acids is 1. The number of rotatable bonds is 8. The Balaban J connectivity index is 1.39. The van der Waals surface area contributed by atoms with Crippen LogP contribution in [0, 0.1) is 5.92 Å². The first-order valence-electron chi connectivity index (χ1n) is 14.9. The lowest BCUT2D eigenvalue weighted by atomic mass is 10.1. The van der Waals surface area contributed by atoms with Crippen molar-refractivity contribution in [2.24, 2.45) is 5.92 Å². The van der Waals surface area contributed by atoms with Gasteiger partial charge >= 0.3 is 12.0 Å². The number of benzene rings is 1. The zero-order chi connectivity index (χ0) is 31.4. The molecule has 1 fully saturated rings. The Kier molecular flexibility index (Phi) is 9.38. The third kappa shape index (κ3) is 6.80. The van der Waals surface area contributed by atoms with E-state index in [2.05, 4.69) is 24.5 Å². The van der Waals surface area contributed by atoms with Gasteiger partial charge in [0, 0.05) is 48.8 Å². The highest BCUT2D eigenvalue weighted by Crippen LogP contribution is 2.45. The Bertz CT molecular complexity index is 1570. The zero-order valence-electron chi connectivity index (χ0n) is 25.5. The average molecular weight is 622 g/mol. The molecule has 3 heterocycles. The van der Waals surface area contributed by atoms with Crippen LogP contribution in [0.3, 0.4) is 0 Å². The molecule has 1 aliphatic carbocycles. The number of hydrogen-bond donors (Lipinski definition) is 3. The standard InChI is InChI=1S/C32H39N5O6S/c1-19(2)26-18-44-29(34-26)25-16-27(22-11-10-21(42-4)15-24(22)33-25)43-14-12-23-28(38)36-32(30(39)40)17-20(32)9-7-5-6-8-13-37(3)31(41)35-23/h7,9-11,15-16,18-20,23H,5-6,8,12-14,17H2,1-4H3,(H,35,41)(H,36,38)(H,39,40)/b9-7-/t20-,23+,32-/m1/s1. The van der Waals surface area contributed by atoms with Gasteiger partial charge in [-0.2, -0.15) is 0 Å². The third-order valence-electron chi connectivity index (χ3n) is 8.16. The van der Waals surface area contributed by atoms with Crippen LogP contribution < -0.4 is 20.1 Å². The van der Waals surface area contributed by atoms with Crippen LogP contribution in [-0.4, -0.2) is 76.8 Å². The largest absolute Gasteiger partial charge is 0.497 e. The molecule has 0 radical (unpaired) electrons. The number of carboxylic acids is 1. The first-order valence-corrected chi connectivity index (χ1v) is 15.8. The minimum atomic E-state index is -1.37. The number of pyridine rings is 1. The van der Waals surface area contributed by atoms with Crippen molar-refractivity contribution in [1.82, 2.24) is 25.5 Å². The number of hydrogen-bond acceptors (Lipinski definition) is 8. The van der Waals surface area contributed by atoms with Crippen LogP contribution in [-0.2, 0) is 9.59 Å². The first kappa shape index (κ1) is 31.2. The molecule has 11 nitrogen and oxygen atoms in total. The molecule has 0 unspecified atom stereocenters. The summed E-state index contributed by atoms with van der Waals surface area (Å²) in [7, 11) is 3.27. The molecule has 44 heavy (non-hydrogen) atoms. The fourth-order valence-electron chi connectivity index (χ4n) is 5.26. The molecular weight excluding hydrogens is 582 g/mol. The van der Waals surface area contributed by atoms with Crippen LogP contribution >= 0.6 is 11.3 Å². The SMILES string of the molecule is COc1ccc2c(OCC[C@@H]3NC(=O)N(C)CCCC/C=C\[C@@H]4C[C@@]4(C(=O)O)NC3=O)cc(-c3nc(C(C)C)cs3)nc2c1. The molecular formula is C32H39N5O6S. The van der Waals surface area contributed by atoms with Gasteiger partial charge in [-0.05, 0) is 43.7 Å². The highest BCUT2D eigenvalue weighted by Gasteiger charge is 2.60. The van der Waals surface area contributed by atoms with Crippen LogP contribution in [0.4, 0.5) is 4.79 Å². The minimum Gasteiger partial charge on any atom is -0.497 e. The fourth-order valence-corrected chi connectivity index (χ4v) is 6.20. The lowest BCUT2D eigenvalue weighted by Gasteiger charge is -2.25. The van der Waals surface area contributed by atoms with Gasteiger partial charge in [0.15, 0.2) is 0 Å². The van der Waals surface area contributed by atoms with Crippen molar-refractivity contribution < 1.29 is 29.0 Å². The Labute approximate surface area is 260 Å². The van der Waals surface area contributed by atoms with Crippen LogP contribution in [0.1, 0.15) is 57.6 Å². The molecule has 3 aromatic rings. The molecule has 0 saturated heterocycles. The Morgan fingerprint density at radius 1 is 1.23 bits per heavy atom. The van der Waals surface area contributed by atoms with Gasteiger partial charge in [0.25, 0.3) is 0 Å². The molecule has 5 rings (SSSR count). The normalized spacial score (nSPS) is 23.3. The molecule has 1 aliphatic heterocycles. The number of aromatic nitrogens is 2. The second-order valence-electron chi connectivity index (χ2n) is 11.7. The number of fused-ring (bicyclic) bond motifs is 2. The molecule has 2 aromatic heterocycles. The van der Waals surface area contributed by atoms with E-state index in [0.717, 1.165) is 35.4 Å². The summed E-state index contributed by atoms with van der Waals surface area (Å²) in [6.45, 7) is 4.79. The van der Waals surface area contributed by atoms with E-state index in [4.69, 9.17) is 19.4 Å². The Morgan fingerprint density at radius 3 is 2.77 bits per heavy atom. The topological polar surface area (TPSA) is 143 Å². The van der Waals surface area contributed by atoms with Crippen molar-refractivity contribution in [3.63, 3.8) is 0 Å².